The van der Waals surface area contributed by atoms with Crippen LogP contribution < -0.4 is 15.4 Å². The zero-order valence-corrected chi connectivity index (χ0v) is 15.9. The quantitative estimate of drug-likeness (QED) is 0.564. The summed E-state index contributed by atoms with van der Waals surface area (Å²) >= 11 is 0. The summed E-state index contributed by atoms with van der Waals surface area (Å²) in [7, 11) is 0. The summed E-state index contributed by atoms with van der Waals surface area (Å²) in [6, 6.07) is 9.88. The van der Waals surface area contributed by atoms with Crippen molar-refractivity contribution in [2.45, 2.75) is 25.5 Å². The molecular weight excluding hydrogens is 368 g/mol. The number of rotatable bonds is 5. The average Bonchev–Trinajstić information content (AvgIpc) is 3.36. The molecule has 1 aliphatic rings. The summed E-state index contributed by atoms with van der Waals surface area (Å²) in [5, 5.41) is 5.29. The van der Waals surface area contributed by atoms with E-state index in [-0.39, 0.29) is 18.6 Å². The molecule has 8 heteroatoms. The molecule has 5 rings (SSSR count). The van der Waals surface area contributed by atoms with Crippen LogP contribution in [0.25, 0.3) is 16.4 Å². The average molecular weight is 390 g/mol. The zero-order valence-electron chi connectivity index (χ0n) is 15.9. The Morgan fingerprint density at radius 1 is 1.10 bits per heavy atom. The molecule has 0 saturated carbocycles. The van der Waals surface area contributed by atoms with Crippen molar-refractivity contribution in [1.29, 1.82) is 0 Å². The highest BCUT2D eigenvalue weighted by molar-refractivity contribution is 5.88. The highest BCUT2D eigenvalue weighted by Gasteiger charge is 2.23. The van der Waals surface area contributed by atoms with Crippen molar-refractivity contribution in [1.82, 2.24) is 19.2 Å². The van der Waals surface area contributed by atoms with Crippen LogP contribution in [0.5, 0.6) is 5.75 Å². The Bertz CT molecular complexity index is 1170. The molecule has 0 atom stereocenters. The van der Waals surface area contributed by atoms with Crippen LogP contribution in [0, 0.1) is 0 Å². The van der Waals surface area contributed by atoms with Crippen LogP contribution in [0.15, 0.2) is 55.1 Å². The molecule has 1 aliphatic heterocycles. The van der Waals surface area contributed by atoms with Crippen molar-refractivity contribution < 1.29 is 9.53 Å². The third kappa shape index (κ3) is 3.26. The predicted octanol–water partition coefficient (Wildman–Crippen LogP) is 2.22. The lowest BCUT2D eigenvalue weighted by Gasteiger charge is -2.33. The van der Waals surface area contributed by atoms with Gasteiger partial charge in [0.2, 0.25) is 5.91 Å². The number of aromatic nitrogens is 4. The fraction of sp³-hybridized carbons (Fsp3) is 0.286. The SMILES string of the molecule is NC(=O)Cn1ccc2c(OC3CCN(c4nccn5nccc45)CC3)cccc21. The summed E-state index contributed by atoms with van der Waals surface area (Å²) in [5.41, 5.74) is 7.32. The number of nitrogens with zero attached hydrogens (tertiary/aromatic N) is 5. The Hall–Kier alpha value is -3.55. The third-order valence-corrected chi connectivity index (χ3v) is 5.44. The number of amides is 1. The van der Waals surface area contributed by atoms with Crippen LogP contribution in [-0.2, 0) is 11.3 Å². The first-order chi connectivity index (χ1) is 14.2. The lowest BCUT2D eigenvalue weighted by atomic mass is 10.1. The minimum Gasteiger partial charge on any atom is -0.490 e. The topological polar surface area (TPSA) is 90.7 Å². The number of fused-ring (bicyclic) bond motifs is 2. The van der Waals surface area contributed by atoms with Gasteiger partial charge in [-0.2, -0.15) is 5.10 Å². The van der Waals surface area contributed by atoms with Crippen molar-refractivity contribution in [3.05, 3.63) is 55.1 Å². The molecule has 3 aromatic heterocycles. The number of anilines is 1. The standard InChI is InChI=1S/C21H22N6O2/c22-20(28)14-26-12-7-16-17(26)2-1-3-19(16)29-15-5-10-25(11-6-15)21-18-4-8-24-27(18)13-9-23-21/h1-4,7-9,12-13,15H,5-6,10-11,14H2,(H2,22,28). The summed E-state index contributed by atoms with van der Waals surface area (Å²) in [5.74, 6) is 1.46. The van der Waals surface area contributed by atoms with Crippen molar-refractivity contribution in [3.8, 4) is 5.75 Å². The molecule has 0 aliphatic carbocycles. The first-order valence-corrected chi connectivity index (χ1v) is 9.75. The number of carbonyl (C=O) groups is 1. The van der Waals surface area contributed by atoms with Crippen molar-refractivity contribution in [2.24, 2.45) is 5.73 Å². The summed E-state index contributed by atoms with van der Waals surface area (Å²) < 4.78 is 10.1. The molecule has 1 fully saturated rings. The van der Waals surface area contributed by atoms with E-state index in [2.05, 4.69) is 15.0 Å². The maximum atomic E-state index is 11.3. The van der Waals surface area contributed by atoms with E-state index in [1.54, 1.807) is 12.4 Å². The van der Waals surface area contributed by atoms with E-state index >= 15 is 0 Å². The molecule has 0 spiro atoms. The summed E-state index contributed by atoms with van der Waals surface area (Å²) in [6.45, 7) is 1.92. The van der Waals surface area contributed by atoms with Crippen LogP contribution in [0.4, 0.5) is 5.82 Å². The molecule has 1 aromatic carbocycles. The van der Waals surface area contributed by atoms with Crippen LogP contribution in [0.2, 0.25) is 0 Å². The fourth-order valence-electron chi connectivity index (χ4n) is 4.06. The Morgan fingerprint density at radius 3 is 2.79 bits per heavy atom. The van der Waals surface area contributed by atoms with E-state index in [0.29, 0.717) is 0 Å². The van der Waals surface area contributed by atoms with Gasteiger partial charge in [-0.3, -0.25) is 4.79 Å². The van der Waals surface area contributed by atoms with Gasteiger partial charge in [0, 0.05) is 49.9 Å². The number of hydrogen-bond acceptors (Lipinski definition) is 5. The second kappa shape index (κ2) is 7.12. The van der Waals surface area contributed by atoms with Gasteiger partial charge in [0.05, 0.1) is 11.7 Å². The molecule has 29 heavy (non-hydrogen) atoms. The maximum Gasteiger partial charge on any atom is 0.237 e. The number of ether oxygens (including phenoxy) is 1. The molecule has 2 N–H and O–H groups in total. The number of benzene rings is 1. The fourth-order valence-corrected chi connectivity index (χ4v) is 4.06. The van der Waals surface area contributed by atoms with Gasteiger partial charge in [0.1, 0.15) is 23.9 Å². The van der Waals surface area contributed by atoms with Crippen LogP contribution in [0.3, 0.4) is 0 Å². The lowest BCUT2D eigenvalue weighted by Crippen LogP contribution is -2.38. The van der Waals surface area contributed by atoms with E-state index in [4.69, 9.17) is 10.5 Å². The van der Waals surface area contributed by atoms with Gasteiger partial charge >= 0.3 is 0 Å². The minimum absolute atomic E-state index is 0.140. The number of piperidine rings is 1. The third-order valence-electron chi connectivity index (χ3n) is 5.44. The highest BCUT2D eigenvalue weighted by Crippen LogP contribution is 2.30. The Morgan fingerprint density at radius 2 is 1.97 bits per heavy atom. The van der Waals surface area contributed by atoms with Gasteiger partial charge in [-0.05, 0) is 24.3 Å². The van der Waals surface area contributed by atoms with E-state index < -0.39 is 0 Å². The predicted molar refractivity (Wildman–Crippen MR) is 110 cm³/mol. The first-order valence-electron chi connectivity index (χ1n) is 9.75. The molecule has 0 unspecified atom stereocenters. The van der Waals surface area contributed by atoms with Gasteiger partial charge in [0.25, 0.3) is 0 Å². The molecule has 0 radical (unpaired) electrons. The second-order valence-electron chi connectivity index (χ2n) is 7.32. The maximum absolute atomic E-state index is 11.3. The zero-order chi connectivity index (χ0) is 19.8. The first kappa shape index (κ1) is 17.5. The van der Waals surface area contributed by atoms with Crippen LogP contribution in [0.1, 0.15) is 12.8 Å². The van der Waals surface area contributed by atoms with Crippen molar-refractivity contribution >= 4 is 28.1 Å². The molecule has 8 nitrogen and oxygen atoms in total. The monoisotopic (exact) mass is 390 g/mol. The molecular formula is C21H22N6O2. The van der Waals surface area contributed by atoms with E-state index in [1.165, 1.54) is 0 Å². The number of primary amides is 1. The largest absolute Gasteiger partial charge is 0.490 e. The van der Waals surface area contributed by atoms with E-state index in [9.17, 15) is 4.79 Å². The van der Waals surface area contributed by atoms with Crippen LogP contribution in [-0.4, -0.2) is 44.3 Å². The number of hydrogen-bond donors (Lipinski definition) is 1. The second-order valence-corrected chi connectivity index (χ2v) is 7.32. The lowest BCUT2D eigenvalue weighted by molar-refractivity contribution is -0.118. The normalized spacial score (nSPS) is 15.2. The van der Waals surface area contributed by atoms with Gasteiger partial charge < -0.3 is 19.9 Å². The van der Waals surface area contributed by atoms with E-state index in [0.717, 1.165) is 53.9 Å². The van der Waals surface area contributed by atoms with Gasteiger partial charge in [-0.25, -0.2) is 9.50 Å². The van der Waals surface area contributed by atoms with Crippen molar-refractivity contribution in [3.63, 3.8) is 0 Å². The van der Waals surface area contributed by atoms with Gasteiger partial charge in [0.15, 0.2) is 5.82 Å². The minimum atomic E-state index is -0.358. The molecule has 1 saturated heterocycles. The van der Waals surface area contributed by atoms with Crippen LogP contribution >= 0.6 is 0 Å². The van der Waals surface area contributed by atoms with E-state index in [1.807, 2.05) is 51.8 Å². The van der Waals surface area contributed by atoms with Crippen molar-refractivity contribution in [2.75, 3.05) is 18.0 Å². The summed E-state index contributed by atoms with van der Waals surface area (Å²) in [4.78, 5) is 18.1. The summed E-state index contributed by atoms with van der Waals surface area (Å²) in [6.07, 6.45) is 9.28. The molecule has 1 amide bonds. The Balaban J connectivity index is 1.30. The molecule has 0 bridgehead atoms. The molecule has 148 valence electrons. The number of nitrogens with two attached hydrogens (primary N) is 1. The number of carbonyl (C=O) groups excluding carboxylic acids is 1. The van der Waals surface area contributed by atoms with Gasteiger partial charge in [-0.15, -0.1) is 0 Å². The Kier molecular flexibility index (Phi) is 4.31. The molecule has 4 aromatic rings. The van der Waals surface area contributed by atoms with Gasteiger partial charge in [-0.1, -0.05) is 6.07 Å². The molecule has 4 heterocycles. The smallest absolute Gasteiger partial charge is 0.237 e. The Labute approximate surface area is 167 Å². The highest BCUT2D eigenvalue weighted by atomic mass is 16.5.